The average Bonchev–Trinajstić information content (AvgIpc) is 3.51. The minimum absolute atomic E-state index is 0.0571. The summed E-state index contributed by atoms with van der Waals surface area (Å²) in [7, 11) is 0. The fraction of sp³-hybridized carbons (Fsp3) is 0.200. The Balaban J connectivity index is 1.31. The van der Waals surface area contributed by atoms with Crippen molar-refractivity contribution < 1.29 is 33.8 Å². The highest BCUT2D eigenvalue weighted by atomic mass is 32.2. The number of thiazole rings is 1. The number of carboxylic acids is 1. The van der Waals surface area contributed by atoms with Crippen molar-refractivity contribution in [2.75, 3.05) is 17.2 Å². The van der Waals surface area contributed by atoms with Crippen molar-refractivity contribution in [1.29, 1.82) is 0 Å². The van der Waals surface area contributed by atoms with Crippen LogP contribution in [-0.2, 0) is 20.9 Å². The number of hydrogen-bond acceptors (Lipinski definition) is 13. The summed E-state index contributed by atoms with van der Waals surface area (Å²) in [6.45, 7) is 0.212. The molecule has 0 bridgehead atoms. The number of carboxylic acid groups (broad SMARTS) is 1. The quantitative estimate of drug-likeness (QED) is 0.0815. The van der Waals surface area contributed by atoms with Crippen molar-refractivity contribution in [2.24, 2.45) is 5.16 Å². The summed E-state index contributed by atoms with van der Waals surface area (Å²) in [5.74, 6) is -2.06. The van der Waals surface area contributed by atoms with Crippen molar-refractivity contribution in [3.8, 4) is 11.4 Å². The van der Waals surface area contributed by atoms with Crippen LogP contribution in [0.15, 0.2) is 50.9 Å². The van der Waals surface area contributed by atoms with Crippen LogP contribution in [0.5, 0.6) is 0 Å². The Morgan fingerprint density at radius 3 is 2.65 bits per heavy atom. The van der Waals surface area contributed by atoms with Crippen molar-refractivity contribution in [3.63, 3.8) is 0 Å². The second-order valence-electron chi connectivity index (χ2n) is 7.85. The second-order valence-corrected chi connectivity index (χ2v) is 9.85. The van der Waals surface area contributed by atoms with Crippen LogP contribution in [0.4, 0.5) is 11.1 Å². The lowest BCUT2D eigenvalue weighted by molar-refractivity contribution is -0.689. The number of aliphatic carboxylic acids is 1. The molecule has 0 spiro atoms. The van der Waals surface area contributed by atoms with Gasteiger partial charge in [0, 0.05) is 34.4 Å². The van der Waals surface area contributed by atoms with Crippen LogP contribution >= 0.6 is 23.1 Å². The van der Waals surface area contributed by atoms with Crippen molar-refractivity contribution in [2.45, 2.75) is 18.0 Å². The lowest BCUT2D eigenvalue weighted by atomic mass is 10.0. The van der Waals surface area contributed by atoms with Gasteiger partial charge in [0.05, 0.1) is 0 Å². The Labute approximate surface area is 215 Å². The first kappa shape index (κ1) is 24.2. The lowest BCUT2D eigenvalue weighted by Gasteiger charge is -2.49. The van der Waals surface area contributed by atoms with E-state index in [9.17, 15) is 24.7 Å². The minimum atomic E-state index is -1.26. The van der Waals surface area contributed by atoms with Crippen LogP contribution in [-0.4, -0.2) is 71.0 Å². The van der Waals surface area contributed by atoms with E-state index in [1.807, 2.05) is 0 Å². The summed E-state index contributed by atoms with van der Waals surface area (Å²) in [6, 6.07) is 2.38. The van der Waals surface area contributed by atoms with Gasteiger partial charge >= 0.3 is 12.0 Å². The summed E-state index contributed by atoms with van der Waals surface area (Å²) < 4.78 is 6.52. The normalized spacial score (nSPS) is 19.4. The maximum Gasteiger partial charge on any atom is 0.352 e. The zero-order chi connectivity index (χ0) is 26.3. The third-order valence-electron chi connectivity index (χ3n) is 5.58. The molecule has 17 heteroatoms. The van der Waals surface area contributed by atoms with Gasteiger partial charge in [0.2, 0.25) is 5.82 Å². The number of nitrogens with zero attached hydrogens (tertiary/aromatic N) is 6. The Hall–Kier alpha value is -4.51. The van der Waals surface area contributed by atoms with Crippen LogP contribution in [0.3, 0.4) is 0 Å². The van der Waals surface area contributed by atoms with Gasteiger partial charge in [-0.3, -0.25) is 14.5 Å². The smallest absolute Gasteiger partial charge is 0.352 e. The van der Waals surface area contributed by atoms with Crippen LogP contribution in [0.2, 0.25) is 0 Å². The molecule has 15 nitrogen and oxygen atoms in total. The fourth-order valence-corrected chi connectivity index (χ4v) is 5.79. The molecule has 2 amide bonds. The highest BCUT2D eigenvalue weighted by molar-refractivity contribution is 8.00. The molecule has 3 aromatic rings. The molecule has 0 aromatic carbocycles. The number of amides is 2. The predicted octanol–water partition coefficient (Wildman–Crippen LogP) is -0.738. The maximum atomic E-state index is 12.9. The standard InChI is InChI=1S/C20H17N9O6S2/c21-19-25-14(27-35-19)8-1-3-28(4-2-8)5-9-6-36-17-12(16(31)29(17)13(9)18(32)33)24-15(30)11(26-34)10-7-37-20(22)23-10/h1-4,7,12,17H,5-6H2,(H6-,21,22,23,24,25,27,30,32,33,34)/p+1/t12-,17-/m1/s1. The molecule has 0 aliphatic carbocycles. The number of fused-ring (bicyclic) bond motifs is 1. The summed E-state index contributed by atoms with van der Waals surface area (Å²) in [4.78, 5) is 46.7. The Morgan fingerprint density at radius 2 is 2.05 bits per heavy atom. The van der Waals surface area contributed by atoms with Crippen molar-refractivity contribution in [1.82, 2.24) is 25.3 Å². The monoisotopic (exact) mass is 544 g/mol. The summed E-state index contributed by atoms with van der Waals surface area (Å²) in [5, 5.41) is 29.4. The first-order valence-corrected chi connectivity index (χ1v) is 12.4. The molecule has 7 N–H and O–H groups in total. The molecule has 1 fully saturated rings. The van der Waals surface area contributed by atoms with Crippen LogP contribution < -0.4 is 21.4 Å². The minimum Gasteiger partial charge on any atom is -0.477 e. The molecule has 1 saturated heterocycles. The second kappa shape index (κ2) is 9.51. The number of thioether (sulfide) groups is 1. The Kier molecular flexibility index (Phi) is 6.22. The van der Waals surface area contributed by atoms with Gasteiger partial charge in [0.1, 0.15) is 22.8 Å². The molecular formula is C20H18N9O6S2+. The van der Waals surface area contributed by atoms with Crippen LogP contribution in [0.25, 0.3) is 11.4 Å². The Bertz CT molecular complexity index is 1460. The number of carbonyl (C=O) groups excluding carboxylic acids is 2. The molecule has 190 valence electrons. The van der Waals surface area contributed by atoms with Crippen LogP contribution in [0.1, 0.15) is 5.69 Å². The molecule has 3 aromatic heterocycles. The highest BCUT2D eigenvalue weighted by Gasteiger charge is 2.54. The van der Waals surface area contributed by atoms with Gasteiger partial charge in [0.25, 0.3) is 11.8 Å². The first-order chi connectivity index (χ1) is 17.8. The molecule has 0 saturated carbocycles. The number of nitrogens with two attached hydrogens (primary N) is 2. The first-order valence-electron chi connectivity index (χ1n) is 10.5. The molecule has 5 heterocycles. The zero-order valence-corrected chi connectivity index (χ0v) is 20.3. The maximum absolute atomic E-state index is 12.9. The van der Waals surface area contributed by atoms with Gasteiger partial charge in [-0.2, -0.15) is 4.98 Å². The molecule has 2 atom stereocenters. The lowest BCUT2D eigenvalue weighted by Crippen LogP contribution is -2.71. The average molecular weight is 545 g/mol. The largest absolute Gasteiger partial charge is 0.477 e. The molecule has 2 aliphatic heterocycles. The number of nitrogen functional groups attached to an aromatic ring is 2. The van der Waals surface area contributed by atoms with Gasteiger partial charge in [-0.05, 0) is 0 Å². The number of rotatable bonds is 7. The van der Waals surface area contributed by atoms with Gasteiger partial charge in [-0.25, -0.2) is 14.3 Å². The molecule has 2 aliphatic rings. The van der Waals surface area contributed by atoms with Gasteiger partial charge in [-0.15, -0.1) is 23.1 Å². The van der Waals surface area contributed by atoms with Gasteiger partial charge < -0.3 is 31.6 Å². The van der Waals surface area contributed by atoms with E-state index in [4.69, 9.17) is 16.0 Å². The van der Waals surface area contributed by atoms with Gasteiger partial charge in [-0.1, -0.05) is 10.3 Å². The van der Waals surface area contributed by atoms with E-state index in [0.29, 0.717) is 22.7 Å². The summed E-state index contributed by atoms with van der Waals surface area (Å²) in [5.41, 5.74) is 11.7. The van der Waals surface area contributed by atoms with E-state index < -0.39 is 34.9 Å². The van der Waals surface area contributed by atoms with Crippen LogP contribution in [0, 0.1) is 0 Å². The fourth-order valence-electron chi connectivity index (χ4n) is 3.91. The Morgan fingerprint density at radius 1 is 1.30 bits per heavy atom. The van der Waals surface area contributed by atoms with Crippen molar-refractivity contribution in [3.05, 3.63) is 46.9 Å². The number of β-lactam (4-membered cyclic amide) rings is 1. The molecule has 37 heavy (non-hydrogen) atoms. The van der Waals surface area contributed by atoms with E-state index in [2.05, 4.69) is 25.6 Å². The third kappa shape index (κ3) is 4.45. The number of hydrogen-bond donors (Lipinski definition) is 5. The number of carbonyl (C=O) groups is 3. The van der Waals surface area contributed by atoms with E-state index in [1.165, 1.54) is 17.1 Å². The van der Waals surface area contributed by atoms with Gasteiger partial charge in [0.15, 0.2) is 29.8 Å². The van der Waals surface area contributed by atoms with E-state index >= 15 is 0 Å². The van der Waals surface area contributed by atoms with Crippen molar-refractivity contribution >= 4 is 57.7 Å². The van der Waals surface area contributed by atoms with E-state index in [1.54, 1.807) is 29.1 Å². The molecular weight excluding hydrogens is 526 g/mol. The SMILES string of the molecule is Nc1nc(-c2cc[n+](CC3=C(C(=O)O)N4C(=O)[C@@H](NC(=O)/C(=N\O)c5csc(N)n5)[C@H]4SC3)cc2)no1. The highest BCUT2D eigenvalue weighted by Crippen LogP contribution is 2.40. The predicted molar refractivity (Wildman–Crippen MR) is 129 cm³/mol. The number of nitrogens with one attached hydrogen (secondary N) is 1. The molecule has 0 unspecified atom stereocenters. The number of oxime groups is 1. The number of anilines is 2. The number of pyridine rings is 1. The zero-order valence-electron chi connectivity index (χ0n) is 18.6. The molecule has 5 rings (SSSR count). The molecule has 0 radical (unpaired) electrons. The topological polar surface area (TPSA) is 227 Å². The van der Waals surface area contributed by atoms with E-state index in [0.717, 1.165) is 16.2 Å². The van der Waals surface area contributed by atoms with E-state index in [-0.39, 0.29) is 29.1 Å². The summed E-state index contributed by atoms with van der Waals surface area (Å²) >= 11 is 2.37. The third-order valence-corrected chi connectivity index (χ3v) is 7.59. The summed E-state index contributed by atoms with van der Waals surface area (Å²) in [6.07, 6.45) is 3.43. The number of aromatic nitrogens is 4.